The lowest BCUT2D eigenvalue weighted by Crippen LogP contribution is -2.50. The number of hydrogen-bond donors (Lipinski definition) is 2. The monoisotopic (exact) mass is 401 g/mol. The number of para-hydroxylation sites is 2. The van der Waals surface area contributed by atoms with E-state index in [-0.39, 0.29) is 25.1 Å². The second-order valence-corrected chi connectivity index (χ2v) is 8.06. The van der Waals surface area contributed by atoms with Crippen molar-refractivity contribution in [3.63, 3.8) is 0 Å². The van der Waals surface area contributed by atoms with Crippen LogP contribution in [0.2, 0.25) is 0 Å². The number of benzene rings is 1. The van der Waals surface area contributed by atoms with Gasteiger partial charge in [0.25, 0.3) is 5.91 Å². The van der Waals surface area contributed by atoms with E-state index in [2.05, 4.69) is 17.6 Å². The molecular weight excluding hydrogens is 374 g/mol. The standard InChI is InChI=1S/C21H27N3O5/c1-2-14-7-9-21(10-8-14)19(26)24(20(27)23-21)12-18(25)22-11-15-13-28-16-5-3-4-6-17(16)29-15/h3-6,14-15H,2,7-13H2,1H3,(H,22,25)(H,23,27)/t14?,15-,21?/m1/s1. The fourth-order valence-corrected chi connectivity index (χ4v) is 4.33. The molecule has 29 heavy (non-hydrogen) atoms. The summed E-state index contributed by atoms with van der Waals surface area (Å²) in [7, 11) is 0. The molecule has 1 aromatic rings. The summed E-state index contributed by atoms with van der Waals surface area (Å²) in [6.45, 7) is 2.42. The Bertz CT molecular complexity index is 803. The van der Waals surface area contributed by atoms with Gasteiger partial charge in [0.05, 0.1) is 6.54 Å². The van der Waals surface area contributed by atoms with Crippen LogP contribution >= 0.6 is 0 Å². The summed E-state index contributed by atoms with van der Waals surface area (Å²) in [6.07, 6.45) is 3.88. The molecule has 2 N–H and O–H groups in total. The first kappa shape index (κ1) is 19.5. The highest BCUT2D eigenvalue weighted by molar-refractivity contribution is 6.09. The lowest BCUT2D eigenvalue weighted by molar-refractivity contribution is -0.136. The number of rotatable bonds is 5. The molecule has 2 heterocycles. The Morgan fingerprint density at radius 3 is 2.69 bits per heavy atom. The van der Waals surface area contributed by atoms with E-state index in [4.69, 9.17) is 9.47 Å². The zero-order valence-corrected chi connectivity index (χ0v) is 16.6. The maximum Gasteiger partial charge on any atom is 0.325 e. The zero-order chi connectivity index (χ0) is 20.4. The van der Waals surface area contributed by atoms with Gasteiger partial charge in [-0.05, 0) is 43.7 Å². The Kier molecular flexibility index (Phi) is 5.34. The number of hydrogen-bond acceptors (Lipinski definition) is 5. The van der Waals surface area contributed by atoms with E-state index in [1.54, 1.807) is 0 Å². The molecule has 8 heteroatoms. The number of imide groups is 1. The highest BCUT2D eigenvalue weighted by Crippen LogP contribution is 2.37. The molecule has 1 saturated heterocycles. The topological polar surface area (TPSA) is 97.0 Å². The van der Waals surface area contributed by atoms with Crippen LogP contribution in [0.25, 0.3) is 0 Å². The van der Waals surface area contributed by atoms with Crippen molar-refractivity contribution in [1.29, 1.82) is 0 Å². The Labute approximate surface area is 169 Å². The van der Waals surface area contributed by atoms with E-state index in [1.807, 2.05) is 24.3 Å². The van der Waals surface area contributed by atoms with Gasteiger partial charge in [-0.3, -0.25) is 14.5 Å². The number of carbonyl (C=O) groups is 3. The average Bonchev–Trinajstić information content (AvgIpc) is 2.96. The predicted octanol–water partition coefficient (Wildman–Crippen LogP) is 1.83. The van der Waals surface area contributed by atoms with Gasteiger partial charge in [0, 0.05) is 0 Å². The van der Waals surface area contributed by atoms with Crippen molar-refractivity contribution in [2.75, 3.05) is 19.7 Å². The summed E-state index contributed by atoms with van der Waals surface area (Å²) < 4.78 is 11.4. The van der Waals surface area contributed by atoms with Crippen molar-refractivity contribution < 1.29 is 23.9 Å². The van der Waals surface area contributed by atoms with E-state index in [0.29, 0.717) is 36.9 Å². The average molecular weight is 401 g/mol. The third-order valence-corrected chi connectivity index (χ3v) is 6.18. The molecule has 3 aliphatic rings. The summed E-state index contributed by atoms with van der Waals surface area (Å²) >= 11 is 0. The molecule has 1 aromatic carbocycles. The minimum atomic E-state index is -0.826. The van der Waals surface area contributed by atoms with Gasteiger partial charge >= 0.3 is 6.03 Å². The Hall–Kier alpha value is -2.77. The van der Waals surface area contributed by atoms with Crippen molar-refractivity contribution in [1.82, 2.24) is 15.5 Å². The van der Waals surface area contributed by atoms with E-state index in [1.165, 1.54) is 0 Å². The molecule has 8 nitrogen and oxygen atoms in total. The minimum absolute atomic E-state index is 0.236. The van der Waals surface area contributed by atoms with Gasteiger partial charge < -0.3 is 20.1 Å². The number of urea groups is 1. The number of amides is 4. The third kappa shape index (κ3) is 3.88. The van der Waals surface area contributed by atoms with Crippen LogP contribution < -0.4 is 20.1 Å². The molecule has 1 atom stereocenters. The maximum atomic E-state index is 12.9. The highest BCUT2D eigenvalue weighted by Gasteiger charge is 2.52. The lowest BCUT2D eigenvalue weighted by atomic mass is 9.75. The molecule has 4 amide bonds. The number of carbonyl (C=O) groups excluding carboxylic acids is 3. The Morgan fingerprint density at radius 2 is 1.97 bits per heavy atom. The molecule has 156 valence electrons. The lowest BCUT2D eigenvalue weighted by Gasteiger charge is -2.34. The van der Waals surface area contributed by atoms with E-state index in [9.17, 15) is 14.4 Å². The van der Waals surface area contributed by atoms with Crippen molar-refractivity contribution in [3.8, 4) is 11.5 Å². The van der Waals surface area contributed by atoms with Gasteiger partial charge in [-0.25, -0.2) is 4.79 Å². The molecule has 2 aliphatic heterocycles. The van der Waals surface area contributed by atoms with Gasteiger partial charge in [0.15, 0.2) is 11.5 Å². The molecule has 0 bridgehead atoms. The van der Waals surface area contributed by atoms with Crippen molar-refractivity contribution >= 4 is 17.8 Å². The molecule has 1 aliphatic carbocycles. The van der Waals surface area contributed by atoms with Gasteiger partial charge in [-0.2, -0.15) is 0 Å². The van der Waals surface area contributed by atoms with E-state index < -0.39 is 17.5 Å². The Morgan fingerprint density at radius 1 is 1.24 bits per heavy atom. The van der Waals surface area contributed by atoms with Crippen LogP contribution in [0.1, 0.15) is 39.0 Å². The summed E-state index contributed by atoms with van der Waals surface area (Å²) in [5.74, 6) is 1.24. The van der Waals surface area contributed by atoms with Crippen LogP contribution in [0, 0.1) is 5.92 Å². The van der Waals surface area contributed by atoms with E-state index >= 15 is 0 Å². The van der Waals surface area contributed by atoms with Crippen LogP contribution in [-0.2, 0) is 9.59 Å². The first-order chi connectivity index (χ1) is 14.0. The first-order valence-corrected chi connectivity index (χ1v) is 10.3. The van der Waals surface area contributed by atoms with Crippen LogP contribution in [0.3, 0.4) is 0 Å². The van der Waals surface area contributed by atoms with Crippen LogP contribution in [0.5, 0.6) is 11.5 Å². The fourth-order valence-electron chi connectivity index (χ4n) is 4.33. The number of nitrogens with zero attached hydrogens (tertiary/aromatic N) is 1. The summed E-state index contributed by atoms with van der Waals surface area (Å²) in [5, 5.41) is 5.59. The predicted molar refractivity (Wildman–Crippen MR) is 105 cm³/mol. The van der Waals surface area contributed by atoms with Crippen LogP contribution in [0.15, 0.2) is 24.3 Å². The molecule has 2 fully saturated rings. The molecule has 0 unspecified atom stereocenters. The van der Waals surface area contributed by atoms with Gasteiger partial charge in [-0.15, -0.1) is 0 Å². The largest absolute Gasteiger partial charge is 0.486 e. The second kappa shape index (κ2) is 7.93. The number of ether oxygens (including phenoxy) is 2. The van der Waals surface area contributed by atoms with Gasteiger partial charge in [-0.1, -0.05) is 25.5 Å². The first-order valence-electron chi connectivity index (χ1n) is 10.3. The van der Waals surface area contributed by atoms with Crippen LogP contribution in [0.4, 0.5) is 4.79 Å². The summed E-state index contributed by atoms with van der Waals surface area (Å²) in [4.78, 5) is 38.6. The maximum absolute atomic E-state index is 12.9. The molecule has 1 spiro atoms. The third-order valence-electron chi connectivity index (χ3n) is 6.18. The fraction of sp³-hybridized carbons (Fsp3) is 0.571. The minimum Gasteiger partial charge on any atom is -0.486 e. The summed E-state index contributed by atoms with van der Waals surface area (Å²) in [6, 6.07) is 6.87. The van der Waals surface area contributed by atoms with Crippen molar-refractivity contribution in [2.24, 2.45) is 5.92 Å². The number of nitrogens with one attached hydrogen (secondary N) is 2. The van der Waals surface area contributed by atoms with Crippen molar-refractivity contribution in [3.05, 3.63) is 24.3 Å². The van der Waals surface area contributed by atoms with Crippen LogP contribution in [-0.4, -0.2) is 54.1 Å². The zero-order valence-electron chi connectivity index (χ0n) is 16.6. The summed E-state index contributed by atoms with van der Waals surface area (Å²) in [5.41, 5.74) is -0.826. The van der Waals surface area contributed by atoms with E-state index in [0.717, 1.165) is 24.2 Å². The second-order valence-electron chi connectivity index (χ2n) is 8.06. The molecule has 4 rings (SSSR count). The normalized spacial score (nSPS) is 28.4. The Balaban J connectivity index is 1.29. The smallest absolute Gasteiger partial charge is 0.325 e. The highest BCUT2D eigenvalue weighted by atomic mass is 16.6. The van der Waals surface area contributed by atoms with Gasteiger partial charge in [0.1, 0.15) is 24.8 Å². The van der Waals surface area contributed by atoms with Gasteiger partial charge in [0.2, 0.25) is 5.91 Å². The molecule has 0 radical (unpaired) electrons. The number of fused-ring (bicyclic) bond motifs is 1. The molecule has 0 aromatic heterocycles. The van der Waals surface area contributed by atoms with Crippen molar-refractivity contribution in [2.45, 2.75) is 50.7 Å². The molecular formula is C21H27N3O5. The quantitative estimate of drug-likeness (QED) is 0.734. The SMILES string of the molecule is CCC1CCC2(CC1)NC(=O)N(CC(=O)NC[C@@H]1COc3ccccc3O1)C2=O. The molecule has 1 saturated carbocycles.